The number of nitrogens with zero attached hydrogens (tertiary/aromatic N) is 1. The highest BCUT2D eigenvalue weighted by Gasteiger charge is 2.15. The van der Waals surface area contributed by atoms with Crippen molar-refractivity contribution in [1.82, 2.24) is 0 Å². The third-order valence-corrected chi connectivity index (χ3v) is 4.85. The molecule has 0 heterocycles. The molecule has 0 aliphatic rings. The number of hydrogen-bond acceptors (Lipinski definition) is 4. The van der Waals surface area contributed by atoms with E-state index >= 15 is 0 Å². The van der Waals surface area contributed by atoms with E-state index in [1.165, 1.54) is 0 Å². The zero-order chi connectivity index (χ0) is 21.5. The predicted molar refractivity (Wildman–Crippen MR) is 117 cm³/mol. The molecule has 0 aliphatic carbocycles. The number of benzene rings is 3. The quantitative estimate of drug-likeness (QED) is 0.317. The van der Waals surface area contributed by atoms with Crippen LogP contribution < -0.4 is 9.47 Å². The highest BCUT2D eigenvalue weighted by molar-refractivity contribution is 6.30. The van der Waals surface area contributed by atoms with Gasteiger partial charge in [-0.15, -0.1) is 0 Å². The molecule has 3 aromatic carbocycles. The standard InChI is InChI=1S/C25H22ClNO3/c1-17(2)21-13-12-19(26)15-24(21)30-25(28)14-11-18-7-6-10-23(22(18)16-27)29-20-8-4-3-5-9-20/h3-10,12-13,15,17H,11,14H2,1-2H3. The maximum Gasteiger partial charge on any atom is 0.311 e. The topological polar surface area (TPSA) is 59.3 Å². The molecule has 0 unspecified atom stereocenters. The van der Waals surface area contributed by atoms with Crippen LogP contribution in [-0.2, 0) is 11.2 Å². The van der Waals surface area contributed by atoms with E-state index in [4.69, 9.17) is 21.1 Å². The van der Waals surface area contributed by atoms with Crippen LogP contribution >= 0.6 is 11.6 Å². The van der Waals surface area contributed by atoms with Crippen molar-refractivity contribution in [1.29, 1.82) is 5.26 Å². The largest absolute Gasteiger partial charge is 0.456 e. The van der Waals surface area contributed by atoms with Crippen molar-refractivity contribution in [2.75, 3.05) is 0 Å². The number of esters is 1. The second kappa shape index (κ2) is 9.96. The van der Waals surface area contributed by atoms with E-state index < -0.39 is 0 Å². The number of hydrogen-bond donors (Lipinski definition) is 0. The number of para-hydroxylation sites is 1. The van der Waals surface area contributed by atoms with E-state index in [2.05, 4.69) is 6.07 Å². The molecule has 3 rings (SSSR count). The molecule has 0 spiro atoms. The molecule has 5 heteroatoms. The molecule has 0 N–H and O–H groups in total. The van der Waals surface area contributed by atoms with Gasteiger partial charge in [0, 0.05) is 5.02 Å². The lowest BCUT2D eigenvalue weighted by atomic mass is 10.0. The van der Waals surface area contributed by atoms with Crippen LogP contribution in [0.15, 0.2) is 66.7 Å². The maximum atomic E-state index is 12.5. The fraction of sp³-hybridized carbons (Fsp3) is 0.200. The van der Waals surface area contributed by atoms with E-state index in [-0.39, 0.29) is 18.3 Å². The molecule has 0 atom stereocenters. The van der Waals surface area contributed by atoms with E-state index in [9.17, 15) is 10.1 Å². The van der Waals surface area contributed by atoms with Crippen molar-refractivity contribution in [3.8, 4) is 23.3 Å². The Balaban J connectivity index is 1.72. The van der Waals surface area contributed by atoms with Gasteiger partial charge in [0.2, 0.25) is 0 Å². The number of ether oxygens (including phenoxy) is 2. The minimum absolute atomic E-state index is 0.132. The van der Waals surface area contributed by atoms with Crippen LogP contribution in [0.3, 0.4) is 0 Å². The Morgan fingerprint density at radius 3 is 2.50 bits per heavy atom. The van der Waals surface area contributed by atoms with Crippen LogP contribution in [0.4, 0.5) is 0 Å². The molecule has 0 aliphatic heterocycles. The molecule has 0 bridgehead atoms. The fourth-order valence-electron chi connectivity index (χ4n) is 3.10. The first-order valence-corrected chi connectivity index (χ1v) is 10.1. The minimum Gasteiger partial charge on any atom is -0.456 e. The maximum absolute atomic E-state index is 12.5. The summed E-state index contributed by atoms with van der Waals surface area (Å²) in [5, 5.41) is 10.2. The molecule has 3 aromatic rings. The van der Waals surface area contributed by atoms with Gasteiger partial charge in [0.1, 0.15) is 23.3 Å². The Hall–Kier alpha value is -3.29. The Morgan fingerprint density at radius 1 is 1.03 bits per heavy atom. The van der Waals surface area contributed by atoms with Crippen molar-refractivity contribution in [3.63, 3.8) is 0 Å². The lowest BCUT2D eigenvalue weighted by Gasteiger charge is -2.14. The first kappa shape index (κ1) is 21.4. The molecule has 0 aromatic heterocycles. The Kier molecular flexibility index (Phi) is 7.11. The van der Waals surface area contributed by atoms with Crippen LogP contribution in [0.2, 0.25) is 5.02 Å². The molecule has 152 valence electrons. The van der Waals surface area contributed by atoms with Crippen molar-refractivity contribution < 1.29 is 14.3 Å². The van der Waals surface area contributed by atoms with E-state index in [0.29, 0.717) is 34.3 Å². The lowest BCUT2D eigenvalue weighted by Crippen LogP contribution is -2.11. The van der Waals surface area contributed by atoms with Crippen molar-refractivity contribution >= 4 is 17.6 Å². The van der Waals surface area contributed by atoms with Gasteiger partial charge in [0.05, 0.1) is 12.0 Å². The van der Waals surface area contributed by atoms with Crippen molar-refractivity contribution in [2.45, 2.75) is 32.6 Å². The molecule has 0 fully saturated rings. The number of rotatable bonds is 7. The van der Waals surface area contributed by atoms with Crippen LogP contribution in [0.25, 0.3) is 0 Å². The van der Waals surface area contributed by atoms with E-state index in [1.54, 1.807) is 18.2 Å². The average molecular weight is 420 g/mol. The van der Waals surface area contributed by atoms with Gasteiger partial charge in [-0.3, -0.25) is 4.79 Å². The number of nitriles is 1. The van der Waals surface area contributed by atoms with Gasteiger partial charge < -0.3 is 9.47 Å². The normalized spacial score (nSPS) is 10.5. The fourth-order valence-corrected chi connectivity index (χ4v) is 3.26. The summed E-state index contributed by atoms with van der Waals surface area (Å²) in [5.74, 6) is 1.41. The van der Waals surface area contributed by atoms with Gasteiger partial charge >= 0.3 is 5.97 Å². The number of aryl methyl sites for hydroxylation is 1. The number of halogens is 1. The summed E-state index contributed by atoms with van der Waals surface area (Å²) >= 11 is 6.06. The molecular formula is C25H22ClNO3. The summed E-state index contributed by atoms with van der Waals surface area (Å²) in [6.45, 7) is 4.05. The van der Waals surface area contributed by atoms with Crippen LogP contribution in [0.1, 0.15) is 42.9 Å². The minimum atomic E-state index is -0.377. The Labute approximate surface area is 181 Å². The molecule has 0 radical (unpaired) electrons. The highest BCUT2D eigenvalue weighted by Crippen LogP contribution is 2.31. The summed E-state index contributed by atoms with van der Waals surface area (Å²) in [5.41, 5.74) is 2.07. The van der Waals surface area contributed by atoms with Crippen molar-refractivity contribution in [3.05, 3.63) is 88.4 Å². The second-order valence-electron chi connectivity index (χ2n) is 7.13. The summed E-state index contributed by atoms with van der Waals surface area (Å²) < 4.78 is 11.4. The first-order valence-electron chi connectivity index (χ1n) is 9.73. The van der Waals surface area contributed by atoms with Gasteiger partial charge in [-0.1, -0.05) is 61.8 Å². The lowest BCUT2D eigenvalue weighted by molar-refractivity contribution is -0.134. The number of carbonyl (C=O) groups is 1. The Morgan fingerprint density at radius 2 is 1.80 bits per heavy atom. The summed E-state index contributed by atoms with van der Waals surface area (Å²) in [6.07, 6.45) is 0.499. The van der Waals surface area contributed by atoms with E-state index in [1.807, 2.05) is 62.4 Å². The van der Waals surface area contributed by atoms with Gasteiger partial charge in [-0.25, -0.2) is 0 Å². The molecular weight excluding hydrogens is 398 g/mol. The van der Waals surface area contributed by atoms with Crippen LogP contribution in [0, 0.1) is 11.3 Å². The predicted octanol–water partition coefficient (Wildman–Crippen LogP) is 6.67. The molecule has 0 amide bonds. The van der Waals surface area contributed by atoms with Gasteiger partial charge in [0.15, 0.2) is 0 Å². The van der Waals surface area contributed by atoms with Gasteiger partial charge in [0.25, 0.3) is 0 Å². The molecule has 4 nitrogen and oxygen atoms in total. The van der Waals surface area contributed by atoms with Gasteiger partial charge in [-0.05, 0) is 53.8 Å². The summed E-state index contributed by atoms with van der Waals surface area (Å²) in [6, 6.07) is 22.1. The SMILES string of the molecule is CC(C)c1ccc(Cl)cc1OC(=O)CCc1cccc(Oc2ccccc2)c1C#N. The average Bonchev–Trinajstić information content (AvgIpc) is 2.73. The number of carbonyl (C=O) groups excluding carboxylic acids is 1. The first-order chi connectivity index (χ1) is 14.5. The highest BCUT2D eigenvalue weighted by atomic mass is 35.5. The summed E-state index contributed by atoms with van der Waals surface area (Å²) in [4.78, 5) is 12.5. The van der Waals surface area contributed by atoms with Crippen LogP contribution in [-0.4, -0.2) is 5.97 Å². The molecule has 30 heavy (non-hydrogen) atoms. The molecule has 0 saturated carbocycles. The second-order valence-corrected chi connectivity index (χ2v) is 7.56. The third-order valence-electron chi connectivity index (χ3n) is 4.62. The monoisotopic (exact) mass is 419 g/mol. The Bertz CT molecular complexity index is 1070. The summed E-state index contributed by atoms with van der Waals surface area (Å²) in [7, 11) is 0. The third kappa shape index (κ3) is 5.40. The van der Waals surface area contributed by atoms with Gasteiger partial charge in [-0.2, -0.15) is 5.26 Å². The van der Waals surface area contributed by atoms with E-state index in [0.717, 1.165) is 11.1 Å². The smallest absolute Gasteiger partial charge is 0.311 e. The van der Waals surface area contributed by atoms with Crippen molar-refractivity contribution in [2.24, 2.45) is 0 Å². The zero-order valence-electron chi connectivity index (χ0n) is 16.9. The van der Waals surface area contributed by atoms with Crippen LogP contribution in [0.5, 0.6) is 17.2 Å². The zero-order valence-corrected chi connectivity index (χ0v) is 17.6. The molecule has 0 saturated heterocycles.